The van der Waals surface area contributed by atoms with Crippen molar-refractivity contribution < 1.29 is 33.4 Å². The van der Waals surface area contributed by atoms with Crippen LogP contribution in [0.25, 0.3) is 0 Å². The smallest absolute Gasteiger partial charge is 0.330 e. The van der Waals surface area contributed by atoms with E-state index >= 15 is 0 Å². The maximum atomic E-state index is 13.5. The van der Waals surface area contributed by atoms with Gasteiger partial charge in [-0.05, 0) is 51.9 Å². The molecule has 7 heteroatoms. The first kappa shape index (κ1) is 23.7. The van der Waals surface area contributed by atoms with Gasteiger partial charge in [-0.25, -0.2) is 4.79 Å². The molecular formula is C26H34O7. The zero-order chi connectivity index (χ0) is 24.7. The summed E-state index contributed by atoms with van der Waals surface area (Å²) in [6, 6.07) is 0. The molecule has 0 unspecified atom stereocenters. The van der Waals surface area contributed by atoms with Crippen LogP contribution in [0.5, 0.6) is 0 Å². The molecule has 7 nitrogen and oxygen atoms in total. The molecule has 4 aliphatic rings. The lowest BCUT2D eigenvalue weighted by Crippen LogP contribution is -2.71. The van der Waals surface area contributed by atoms with Crippen LogP contribution < -0.4 is 0 Å². The van der Waals surface area contributed by atoms with Crippen LogP contribution in [0.15, 0.2) is 24.3 Å². The molecule has 3 fully saturated rings. The molecule has 2 saturated carbocycles. The summed E-state index contributed by atoms with van der Waals surface area (Å²) >= 11 is 0. The molecule has 4 rings (SSSR count). The Morgan fingerprint density at radius 1 is 1.12 bits per heavy atom. The van der Waals surface area contributed by atoms with Crippen molar-refractivity contribution in [3.63, 3.8) is 0 Å². The Hall–Kier alpha value is -2.44. The quantitative estimate of drug-likeness (QED) is 0.337. The molecule has 0 aromatic carbocycles. The number of cyclic esters (lactones) is 2. The van der Waals surface area contributed by atoms with Crippen LogP contribution >= 0.6 is 0 Å². The molecule has 2 aliphatic heterocycles. The second kappa shape index (κ2) is 7.03. The minimum atomic E-state index is -1.13. The van der Waals surface area contributed by atoms with Gasteiger partial charge in [0.05, 0.1) is 11.3 Å². The number of ketones is 1. The van der Waals surface area contributed by atoms with Gasteiger partial charge in [0.2, 0.25) is 0 Å². The predicted octanol–water partition coefficient (Wildman–Crippen LogP) is 3.56. The second-order valence-corrected chi connectivity index (χ2v) is 11.4. The van der Waals surface area contributed by atoms with E-state index in [0.717, 1.165) is 0 Å². The summed E-state index contributed by atoms with van der Waals surface area (Å²) in [5.74, 6) is -2.85. The third kappa shape index (κ3) is 3.00. The largest absolute Gasteiger partial charge is 0.462 e. The minimum Gasteiger partial charge on any atom is -0.462 e. The van der Waals surface area contributed by atoms with Crippen molar-refractivity contribution in [2.75, 3.05) is 0 Å². The van der Waals surface area contributed by atoms with Gasteiger partial charge in [-0.2, -0.15) is 0 Å². The number of carbonyl (C=O) groups is 4. The minimum absolute atomic E-state index is 0.180. The van der Waals surface area contributed by atoms with E-state index in [4.69, 9.17) is 14.2 Å². The topological polar surface area (TPSA) is 96.0 Å². The first-order valence-electron chi connectivity index (χ1n) is 11.6. The monoisotopic (exact) mass is 458 g/mol. The number of Topliss-reactive ketones (excluding diaryl/α,β-unsaturated/α-hetero) is 1. The van der Waals surface area contributed by atoms with Gasteiger partial charge in [0.25, 0.3) is 0 Å². The van der Waals surface area contributed by atoms with E-state index in [9.17, 15) is 19.2 Å². The molecule has 180 valence electrons. The third-order valence-electron chi connectivity index (χ3n) is 9.28. The third-order valence-corrected chi connectivity index (χ3v) is 9.28. The number of esters is 3. The second-order valence-electron chi connectivity index (χ2n) is 11.4. The van der Waals surface area contributed by atoms with Crippen LogP contribution in [0.4, 0.5) is 0 Å². The molecule has 1 saturated heterocycles. The number of hydrogen-bond acceptors (Lipinski definition) is 7. The van der Waals surface area contributed by atoms with Crippen molar-refractivity contribution in [1.82, 2.24) is 0 Å². The summed E-state index contributed by atoms with van der Waals surface area (Å²) in [4.78, 5) is 51.6. The van der Waals surface area contributed by atoms with Gasteiger partial charge >= 0.3 is 17.9 Å². The Bertz CT molecular complexity index is 993. The molecule has 0 N–H and O–H groups in total. The van der Waals surface area contributed by atoms with E-state index in [0.29, 0.717) is 18.4 Å². The van der Waals surface area contributed by atoms with Gasteiger partial charge < -0.3 is 14.2 Å². The summed E-state index contributed by atoms with van der Waals surface area (Å²) in [6.07, 6.45) is 2.64. The van der Waals surface area contributed by atoms with Crippen molar-refractivity contribution in [1.29, 1.82) is 0 Å². The lowest BCUT2D eigenvalue weighted by Gasteiger charge is -2.67. The van der Waals surface area contributed by atoms with Crippen LogP contribution in [-0.2, 0) is 33.4 Å². The SMILES string of the molecule is C=C1C[C@H]2[C@@]3(C)C=CC(=O)OC(C)(C)[C@H]3C[C@@H](OC(C)=O)[C@@]2(C)[C@@H]2C(=O)O[C@@H](C)C(=O)[C@]12C. The van der Waals surface area contributed by atoms with Crippen molar-refractivity contribution >= 4 is 23.7 Å². The van der Waals surface area contributed by atoms with Crippen LogP contribution in [-0.4, -0.2) is 41.5 Å². The molecule has 33 heavy (non-hydrogen) atoms. The Labute approximate surface area is 194 Å². The van der Waals surface area contributed by atoms with Gasteiger partial charge in [0.1, 0.15) is 11.7 Å². The molecule has 0 bridgehead atoms. The van der Waals surface area contributed by atoms with E-state index in [1.165, 1.54) is 13.0 Å². The molecule has 0 spiro atoms. The van der Waals surface area contributed by atoms with E-state index < -0.39 is 57.9 Å². The maximum Gasteiger partial charge on any atom is 0.330 e. The molecule has 0 aromatic rings. The van der Waals surface area contributed by atoms with Crippen LogP contribution in [0.2, 0.25) is 0 Å². The van der Waals surface area contributed by atoms with E-state index in [2.05, 4.69) is 13.5 Å². The normalized spacial score (nSPS) is 46.2. The molecule has 2 aliphatic carbocycles. The highest BCUT2D eigenvalue weighted by molar-refractivity contribution is 6.00. The molecule has 8 atom stereocenters. The number of ether oxygens (including phenoxy) is 3. The van der Waals surface area contributed by atoms with Gasteiger partial charge in [-0.3, -0.25) is 14.4 Å². The fraction of sp³-hybridized carbons (Fsp3) is 0.692. The molecule has 2 heterocycles. The maximum absolute atomic E-state index is 13.5. The van der Waals surface area contributed by atoms with Crippen molar-refractivity contribution in [2.24, 2.45) is 34.0 Å². The standard InChI is InChI=1S/C26H34O7/c1-13-11-17-24(6)10-9-19(28)33-23(4,5)16(24)12-18(32-15(3)27)26(17,8)20-22(30)31-14(2)21(29)25(13,20)7/h9-10,14,16-18,20H,1,11-12H2,2-8H3/t14-,16+,17-,18+,20+,24-,25+,26-/m0/s1. The van der Waals surface area contributed by atoms with E-state index in [1.54, 1.807) is 13.8 Å². The zero-order valence-corrected chi connectivity index (χ0v) is 20.5. The lowest BCUT2D eigenvalue weighted by atomic mass is 9.37. The summed E-state index contributed by atoms with van der Waals surface area (Å²) in [7, 11) is 0. The summed E-state index contributed by atoms with van der Waals surface area (Å²) < 4.78 is 17.2. The average molecular weight is 459 g/mol. The van der Waals surface area contributed by atoms with Gasteiger partial charge in [-0.15, -0.1) is 0 Å². The highest BCUT2D eigenvalue weighted by atomic mass is 16.6. The summed E-state index contributed by atoms with van der Waals surface area (Å²) in [6.45, 7) is 16.7. The lowest BCUT2D eigenvalue weighted by molar-refractivity contribution is -0.237. The molecule has 0 amide bonds. The Morgan fingerprint density at radius 2 is 1.76 bits per heavy atom. The number of rotatable bonds is 1. The number of fused-ring (bicyclic) bond motifs is 5. The van der Waals surface area contributed by atoms with Crippen LogP contribution in [0.3, 0.4) is 0 Å². The van der Waals surface area contributed by atoms with E-state index in [1.807, 2.05) is 26.8 Å². The van der Waals surface area contributed by atoms with Crippen molar-refractivity contribution in [2.45, 2.75) is 79.1 Å². The van der Waals surface area contributed by atoms with Crippen LogP contribution in [0.1, 0.15) is 61.3 Å². The molecule has 0 aromatic heterocycles. The van der Waals surface area contributed by atoms with E-state index in [-0.39, 0.29) is 17.6 Å². The van der Waals surface area contributed by atoms with Crippen molar-refractivity contribution in [3.8, 4) is 0 Å². The highest BCUT2D eigenvalue weighted by Gasteiger charge is 2.73. The highest BCUT2D eigenvalue weighted by Crippen LogP contribution is 2.70. The average Bonchev–Trinajstić information content (AvgIpc) is 2.76. The Kier molecular flexibility index (Phi) is 5.05. The zero-order valence-electron chi connectivity index (χ0n) is 20.5. The van der Waals surface area contributed by atoms with Gasteiger partial charge in [0, 0.05) is 24.3 Å². The summed E-state index contributed by atoms with van der Waals surface area (Å²) in [5, 5.41) is 0. The molecular weight excluding hydrogens is 424 g/mol. The van der Waals surface area contributed by atoms with Gasteiger partial charge in [0.15, 0.2) is 11.9 Å². The fourth-order valence-corrected chi connectivity index (χ4v) is 7.75. The predicted molar refractivity (Wildman–Crippen MR) is 119 cm³/mol. The fourth-order valence-electron chi connectivity index (χ4n) is 7.75. The molecule has 0 radical (unpaired) electrons. The van der Waals surface area contributed by atoms with Crippen molar-refractivity contribution in [3.05, 3.63) is 24.3 Å². The number of carbonyl (C=O) groups excluding carboxylic acids is 4. The van der Waals surface area contributed by atoms with Crippen LogP contribution in [0, 0.1) is 34.0 Å². The first-order valence-corrected chi connectivity index (χ1v) is 11.6. The number of hydrogen-bond donors (Lipinski definition) is 0. The summed E-state index contributed by atoms with van der Waals surface area (Å²) in [5.41, 5.74) is -2.80. The Balaban J connectivity index is 1.98. The Morgan fingerprint density at radius 3 is 2.36 bits per heavy atom. The first-order chi connectivity index (χ1) is 15.1. The van der Waals surface area contributed by atoms with Gasteiger partial charge in [-0.1, -0.05) is 32.1 Å². The number of allylic oxidation sites excluding steroid dienone is 2.